The van der Waals surface area contributed by atoms with E-state index in [1.807, 2.05) is 18.2 Å². The number of carbonyl (C=O) groups excluding carboxylic acids is 1. The summed E-state index contributed by atoms with van der Waals surface area (Å²) in [5, 5.41) is 2.64. The molecular formula is C17H13F3N2OS. The van der Waals surface area contributed by atoms with Crippen molar-refractivity contribution in [2.45, 2.75) is 17.8 Å². The minimum atomic E-state index is -4.39. The number of aliphatic imine (C=N–C) groups is 1. The van der Waals surface area contributed by atoms with E-state index >= 15 is 0 Å². The molecule has 124 valence electrons. The van der Waals surface area contributed by atoms with E-state index in [4.69, 9.17) is 0 Å². The highest BCUT2D eigenvalue weighted by molar-refractivity contribution is 8.15. The van der Waals surface area contributed by atoms with Crippen molar-refractivity contribution in [3.8, 4) is 0 Å². The van der Waals surface area contributed by atoms with E-state index in [1.165, 1.54) is 17.8 Å². The molecule has 0 unspecified atom stereocenters. The van der Waals surface area contributed by atoms with Crippen LogP contribution in [0.1, 0.15) is 11.1 Å². The molecule has 1 atom stereocenters. The van der Waals surface area contributed by atoms with Gasteiger partial charge in [0.1, 0.15) is 0 Å². The molecule has 7 heteroatoms. The smallest absolute Gasteiger partial charge is 0.304 e. The lowest BCUT2D eigenvalue weighted by atomic mass is 10.1. The van der Waals surface area contributed by atoms with Gasteiger partial charge in [0.05, 0.1) is 16.5 Å². The fourth-order valence-corrected chi connectivity index (χ4v) is 3.33. The van der Waals surface area contributed by atoms with Gasteiger partial charge in [0.25, 0.3) is 0 Å². The van der Waals surface area contributed by atoms with E-state index in [-0.39, 0.29) is 12.3 Å². The van der Waals surface area contributed by atoms with E-state index in [2.05, 4.69) is 10.3 Å². The minimum absolute atomic E-state index is 0.216. The number of thioether (sulfide) groups is 1. The third-order valence-corrected chi connectivity index (χ3v) is 4.52. The van der Waals surface area contributed by atoms with Gasteiger partial charge in [0.2, 0.25) is 5.91 Å². The number of halogens is 3. The van der Waals surface area contributed by atoms with Crippen molar-refractivity contribution in [3.05, 3.63) is 65.7 Å². The van der Waals surface area contributed by atoms with Crippen LogP contribution >= 0.6 is 11.8 Å². The topological polar surface area (TPSA) is 41.5 Å². The molecule has 1 heterocycles. The maximum absolute atomic E-state index is 12.8. The van der Waals surface area contributed by atoms with Crippen molar-refractivity contribution in [1.29, 1.82) is 0 Å². The van der Waals surface area contributed by atoms with Crippen LogP contribution in [-0.4, -0.2) is 16.3 Å². The molecule has 0 saturated carbocycles. The number of nitrogens with zero attached hydrogens (tertiary/aromatic N) is 1. The Morgan fingerprint density at radius 3 is 2.54 bits per heavy atom. The number of nitrogens with one attached hydrogen (secondary N) is 1. The highest BCUT2D eigenvalue weighted by Gasteiger charge is 2.33. The van der Waals surface area contributed by atoms with Crippen molar-refractivity contribution in [3.63, 3.8) is 0 Å². The normalized spacial score (nSPS) is 19.5. The molecule has 1 aliphatic heterocycles. The average Bonchev–Trinajstić information content (AvgIpc) is 2.87. The molecule has 24 heavy (non-hydrogen) atoms. The monoisotopic (exact) mass is 350 g/mol. The number of amides is 1. The van der Waals surface area contributed by atoms with Crippen molar-refractivity contribution < 1.29 is 18.0 Å². The fourth-order valence-electron chi connectivity index (χ4n) is 2.30. The highest BCUT2D eigenvalue weighted by atomic mass is 32.2. The van der Waals surface area contributed by atoms with Crippen molar-refractivity contribution >= 4 is 28.5 Å². The summed E-state index contributed by atoms with van der Waals surface area (Å²) in [6, 6.07) is 14.2. The Hall–Kier alpha value is -2.28. The molecule has 0 aromatic heterocycles. The number of alkyl halides is 3. The number of carbonyl (C=O) groups is 1. The Kier molecular flexibility index (Phi) is 4.62. The van der Waals surface area contributed by atoms with Crippen LogP contribution in [0, 0.1) is 0 Å². The number of amidine groups is 1. The van der Waals surface area contributed by atoms with E-state index in [0.717, 1.165) is 12.1 Å². The summed E-state index contributed by atoms with van der Waals surface area (Å²) in [7, 11) is 0. The van der Waals surface area contributed by atoms with Gasteiger partial charge in [-0.3, -0.25) is 4.79 Å². The second kappa shape index (κ2) is 6.68. The maximum Gasteiger partial charge on any atom is 0.416 e. The SMILES string of the molecule is O=C1NC(=Nc2ccccc2)S[C@@H]1Cc1cccc(C(F)(F)F)c1. The van der Waals surface area contributed by atoms with Crippen LogP contribution in [0.2, 0.25) is 0 Å². The predicted molar refractivity (Wildman–Crippen MR) is 88.2 cm³/mol. The van der Waals surface area contributed by atoms with Gasteiger partial charge in [0.15, 0.2) is 5.17 Å². The standard InChI is InChI=1S/C17H13F3N2OS/c18-17(19,20)12-6-4-5-11(9-12)10-14-15(23)22-16(24-14)21-13-7-2-1-3-8-13/h1-9,14H,10H2,(H,21,22,23)/t14-/m1/s1. The molecule has 0 bridgehead atoms. The molecule has 0 radical (unpaired) electrons. The van der Waals surface area contributed by atoms with Crippen LogP contribution in [0.5, 0.6) is 0 Å². The second-order valence-electron chi connectivity index (χ2n) is 5.25. The van der Waals surface area contributed by atoms with Gasteiger partial charge in [-0.25, -0.2) is 4.99 Å². The Morgan fingerprint density at radius 1 is 1.08 bits per heavy atom. The molecular weight excluding hydrogens is 337 g/mol. The number of benzene rings is 2. The quantitative estimate of drug-likeness (QED) is 0.903. The Morgan fingerprint density at radius 2 is 1.83 bits per heavy atom. The van der Waals surface area contributed by atoms with Gasteiger partial charge in [0, 0.05) is 0 Å². The number of hydrogen-bond donors (Lipinski definition) is 1. The lowest BCUT2D eigenvalue weighted by Crippen LogP contribution is -2.26. The van der Waals surface area contributed by atoms with Crippen LogP contribution < -0.4 is 5.32 Å². The fraction of sp³-hybridized carbons (Fsp3) is 0.176. The molecule has 1 fully saturated rings. The lowest BCUT2D eigenvalue weighted by Gasteiger charge is -2.10. The zero-order valence-electron chi connectivity index (χ0n) is 12.4. The largest absolute Gasteiger partial charge is 0.416 e. The van der Waals surface area contributed by atoms with Crippen molar-refractivity contribution in [2.75, 3.05) is 0 Å². The predicted octanol–water partition coefficient (Wildman–Crippen LogP) is 4.17. The zero-order chi connectivity index (χ0) is 17.2. The third-order valence-electron chi connectivity index (χ3n) is 3.44. The van der Waals surface area contributed by atoms with Crippen molar-refractivity contribution in [2.24, 2.45) is 4.99 Å². The van der Waals surface area contributed by atoms with Crippen LogP contribution in [0.15, 0.2) is 59.6 Å². The first-order chi connectivity index (χ1) is 11.4. The van der Waals surface area contributed by atoms with E-state index in [1.54, 1.807) is 18.2 Å². The number of rotatable bonds is 3. The molecule has 2 aromatic rings. The molecule has 0 spiro atoms. The highest BCUT2D eigenvalue weighted by Crippen LogP contribution is 2.31. The van der Waals surface area contributed by atoms with Crippen LogP contribution in [0.25, 0.3) is 0 Å². The molecule has 3 nitrogen and oxygen atoms in total. The number of hydrogen-bond acceptors (Lipinski definition) is 3. The first-order valence-corrected chi connectivity index (χ1v) is 8.07. The summed E-state index contributed by atoms with van der Waals surface area (Å²) in [4.78, 5) is 16.4. The molecule has 3 rings (SSSR count). The average molecular weight is 350 g/mol. The molecule has 0 aliphatic carbocycles. The van der Waals surface area contributed by atoms with Crippen LogP contribution in [-0.2, 0) is 17.4 Å². The summed E-state index contributed by atoms with van der Waals surface area (Å²) in [6.07, 6.45) is -4.17. The molecule has 1 aliphatic rings. The first kappa shape index (κ1) is 16.6. The summed E-state index contributed by atoms with van der Waals surface area (Å²) in [5.41, 5.74) is 0.472. The number of para-hydroxylation sites is 1. The van der Waals surface area contributed by atoms with Crippen molar-refractivity contribution in [1.82, 2.24) is 5.32 Å². The zero-order valence-corrected chi connectivity index (χ0v) is 13.2. The van der Waals surface area contributed by atoms with Crippen LogP contribution in [0.4, 0.5) is 18.9 Å². The minimum Gasteiger partial charge on any atom is -0.304 e. The summed E-state index contributed by atoms with van der Waals surface area (Å²) < 4.78 is 38.3. The molecule has 1 amide bonds. The molecule has 2 aromatic carbocycles. The summed E-state index contributed by atoms with van der Waals surface area (Å²) >= 11 is 1.23. The van der Waals surface area contributed by atoms with Gasteiger partial charge in [-0.2, -0.15) is 13.2 Å². The van der Waals surface area contributed by atoms with Gasteiger partial charge < -0.3 is 5.32 Å². The van der Waals surface area contributed by atoms with E-state index in [9.17, 15) is 18.0 Å². The second-order valence-corrected chi connectivity index (χ2v) is 6.44. The molecule has 1 N–H and O–H groups in total. The Labute approximate surface area is 141 Å². The molecule has 1 saturated heterocycles. The summed E-state index contributed by atoms with van der Waals surface area (Å²) in [6.45, 7) is 0. The third kappa shape index (κ3) is 3.97. The van der Waals surface area contributed by atoms with Gasteiger partial charge in [-0.1, -0.05) is 48.2 Å². The van der Waals surface area contributed by atoms with Gasteiger partial charge in [-0.05, 0) is 30.2 Å². The van der Waals surface area contributed by atoms with Gasteiger partial charge in [-0.15, -0.1) is 0 Å². The lowest BCUT2D eigenvalue weighted by molar-refractivity contribution is -0.137. The Bertz CT molecular complexity index is 775. The van der Waals surface area contributed by atoms with Crippen LogP contribution in [0.3, 0.4) is 0 Å². The summed E-state index contributed by atoms with van der Waals surface area (Å²) in [5.74, 6) is -0.243. The van der Waals surface area contributed by atoms with Gasteiger partial charge >= 0.3 is 6.18 Å². The first-order valence-electron chi connectivity index (χ1n) is 7.19. The maximum atomic E-state index is 12.8. The Balaban J connectivity index is 1.73. The van der Waals surface area contributed by atoms with E-state index in [0.29, 0.717) is 16.4 Å². The van der Waals surface area contributed by atoms with E-state index < -0.39 is 17.0 Å².